The Morgan fingerprint density at radius 3 is 3.18 bits per heavy atom. The molecule has 5 nitrogen and oxygen atoms in total. The summed E-state index contributed by atoms with van der Waals surface area (Å²) in [6, 6.07) is 0. The summed E-state index contributed by atoms with van der Waals surface area (Å²) >= 11 is 0. The zero-order chi connectivity index (χ0) is 8.10. The van der Waals surface area contributed by atoms with Crippen molar-refractivity contribution in [3.63, 3.8) is 0 Å². The summed E-state index contributed by atoms with van der Waals surface area (Å²) in [5, 5.41) is 15.4. The molecule has 0 fully saturated rings. The second-order valence-electron chi connectivity index (χ2n) is 2.33. The summed E-state index contributed by atoms with van der Waals surface area (Å²) in [6.07, 6.45) is 0.932. The van der Waals surface area contributed by atoms with Crippen LogP contribution in [0.2, 0.25) is 0 Å². The van der Waals surface area contributed by atoms with Crippen molar-refractivity contribution in [1.82, 2.24) is 15.5 Å². The van der Waals surface area contributed by atoms with Crippen LogP contribution in [-0.4, -0.2) is 27.9 Å². The van der Waals surface area contributed by atoms with E-state index in [2.05, 4.69) is 20.0 Å². The third kappa shape index (κ3) is 3.10. The molecular weight excluding hydrogens is 146 g/mol. The summed E-state index contributed by atoms with van der Waals surface area (Å²) in [4.78, 5) is 3.79. The Hall–Kier alpha value is -0.940. The van der Waals surface area contributed by atoms with Crippen LogP contribution in [0, 0.1) is 0 Å². The van der Waals surface area contributed by atoms with Gasteiger partial charge in [-0.1, -0.05) is 5.16 Å². The summed E-state index contributed by atoms with van der Waals surface area (Å²) in [6.45, 7) is 2.78. The summed E-state index contributed by atoms with van der Waals surface area (Å²) in [7, 11) is 0. The fourth-order valence-electron chi connectivity index (χ4n) is 0.663. The van der Waals surface area contributed by atoms with Gasteiger partial charge < -0.3 is 14.9 Å². The zero-order valence-corrected chi connectivity index (χ0v) is 6.32. The van der Waals surface area contributed by atoms with Gasteiger partial charge in [-0.05, 0) is 6.92 Å². The molecule has 0 radical (unpaired) electrons. The zero-order valence-electron chi connectivity index (χ0n) is 6.32. The van der Waals surface area contributed by atoms with Gasteiger partial charge in [-0.25, -0.2) is 0 Å². The Bertz CT molecular complexity index is 186. The molecule has 0 aliphatic heterocycles. The van der Waals surface area contributed by atoms with E-state index in [4.69, 9.17) is 5.11 Å². The highest BCUT2D eigenvalue weighted by atomic mass is 16.5. The molecule has 1 unspecified atom stereocenters. The second-order valence-corrected chi connectivity index (χ2v) is 2.33. The highest BCUT2D eigenvalue weighted by Crippen LogP contribution is 1.86. The van der Waals surface area contributed by atoms with Crippen molar-refractivity contribution < 1.29 is 9.63 Å². The van der Waals surface area contributed by atoms with E-state index in [0.29, 0.717) is 18.9 Å². The van der Waals surface area contributed by atoms with E-state index in [-0.39, 0.29) is 6.10 Å². The molecule has 0 amide bonds. The van der Waals surface area contributed by atoms with E-state index in [1.165, 1.54) is 6.39 Å². The van der Waals surface area contributed by atoms with Crippen LogP contribution in [-0.2, 0) is 6.54 Å². The van der Waals surface area contributed by atoms with Crippen molar-refractivity contribution in [2.75, 3.05) is 6.54 Å². The molecule has 1 aromatic heterocycles. The maximum Gasteiger partial charge on any atom is 0.213 e. The lowest BCUT2D eigenvalue weighted by molar-refractivity contribution is 0.190. The topological polar surface area (TPSA) is 71.2 Å². The molecule has 5 heteroatoms. The number of aliphatic hydroxyl groups is 1. The van der Waals surface area contributed by atoms with Crippen LogP contribution in [0.3, 0.4) is 0 Å². The van der Waals surface area contributed by atoms with E-state index in [9.17, 15) is 0 Å². The number of hydrogen-bond donors (Lipinski definition) is 2. The van der Waals surface area contributed by atoms with Gasteiger partial charge in [0.05, 0.1) is 12.6 Å². The Morgan fingerprint density at radius 2 is 2.64 bits per heavy atom. The van der Waals surface area contributed by atoms with Gasteiger partial charge in [0.25, 0.3) is 0 Å². The molecule has 0 bridgehead atoms. The summed E-state index contributed by atoms with van der Waals surface area (Å²) < 4.78 is 4.51. The first kappa shape index (κ1) is 8.16. The fourth-order valence-corrected chi connectivity index (χ4v) is 0.663. The largest absolute Gasteiger partial charge is 0.392 e. The van der Waals surface area contributed by atoms with Crippen molar-refractivity contribution in [3.8, 4) is 0 Å². The van der Waals surface area contributed by atoms with Crippen LogP contribution < -0.4 is 5.32 Å². The second kappa shape index (κ2) is 4.05. The average molecular weight is 157 g/mol. The van der Waals surface area contributed by atoms with Gasteiger partial charge in [0.1, 0.15) is 0 Å². The van der Waals surface area contributed by atoms with E-state index >= 15 is 0 Å². The smallest absolute Gasteiger partial charge is 0.213 e. The lowest BCUT2D eigenvalue weighted by Crippen LogP contribution is -2.24. The first-order chi connectivity index (χ1) is 5.29. The third-order valence-corrected chi connectivity index (χ3v) is 1.13. The molecule has 0 aromatic carbocycles. The monoisotopic (exact) mass is 157 g/mol. The van der Waals surface area contributed by atoms with Crippen molar-refractivity contribution >= 4 is 0 Å². The van der Waals surface area contributed by atoms with Crippen LogP contribution in [0.1, 0.15) is 12.7 Å². The molecule has 0 spiro atoms. The molecule has 0 aliphatic carbocycles. The Labute approximate surface area is 64.4 Å². The predicted octanol–water partition coefficient (Wildman–Crippen LogP) is -0.460. The first-order valence-corrected chi connectivity index (χ1v) is 3.43. The number of nitrogens with one attached hydrogen (secondary N) is 1. The molecule has 0 saturated heterocycles. The van der Waals surface area contributed by atoms with Crippen LogP contribution in [0.15, 0.2) is 10.9 Å². The van der Waals surface area contributed by atoms with Crippen LogP contribution >= 0.6 is 0 Å². The number of aromatic nitrogens is 2. The first-order valence-electron chi connectivity index (χ1n) is 3.43. The van der Waals surface area contributed by atoms with Gasteiger partial charge >= 0.3 is 0 Å². The standard InChI is InChI=1S/C6H11N3O2/c1-5(10)2-7-3-6-8-4-11-9-6/h4-5,7,10H,2-3H2,1H3. The van der Waals surface area contributed by atoms with Crippen molar-refractivity contribution in [3.05, 3.63) is 12.2 Å². The minimum Gasteiger partial charge on any atom is -0.392 e. The minimum absolute atomic E-state index is 0.345. The molecule has 1 rings (SSSR count). The van der Waals surface area contributed by atoms with E-state index < -0.39 is 0 Å². The number of nitrogens with zero attached hydrogens (tertiary/aromatic N) is 2. The van der Waals surface area contributed by atoms with Gasteiger partial charge in [-0.2, -0.15) is 4.98 Å². The van der Waals surface area contributed by atoms with Gasteiger partial charge in [0, 0.05) is 6.54 Å². The normalized spacial score (nSPS) is 13.3. The highest BCUT2D eigenvalue weighted by Gasteiger charge is 1.98. The highest BCUT2D eigenvalue weighted by molar-refractivity contribution is 4.76. The Balaban J connectivity index is 2.14. The number of aliphatic hydroxyl groups excluding tert-OH is 1. The Kier molecular flexibility index (Phi) is 3.00. The molecule has 62 valence electrons. The Morgan fingerprint density at radius 1 is 1.82 bits per heavy atom. The summed E-state index contributed by atoms with van der Waals surface area (Å²) in [5.41, 5.74) is 0. The molecule has 2 N–H and O–H groups in total. The van der Waals surface area contributed by atoms with Gasteiger partial charge in [-0.3, -0.25) is 0 Å². The quantitative estimate of drug-likeness (QED) is 0.618. The van der Waals surface area contributed by atoms with E-state index in [1.54, 1.807) is 6.92 Å². The van der Waals surface area contributed by atoms with E-state index in [1.807, 2.05) is 0 Å². The maximum absolute atomic E-state index is 8.85. The molecule has 0 aliphatic rings. The molecule has 1 heterocycles. The van der Waals surface area contributed by atoms with Gasteiger partial charge in [-0.15, -0.1) is 0 Å². The molecular formula is C6H11N3O2. The lowest BCUT2D eigenvalue weighted by Gasteiger charge is -2.02. The van der Waals surface area contributed by atoms with Crippen LogP contribution in [0.5, 0.6) is 0 Å². The number of hydrogen-bond acceptors (Lipinski definition) is 5. The summed E-state index contributed by atoms with van der Waals surface area (Å²) in [5.74, 6) is 0.602. The maximum atomic E-state index is 8.85. The van der Waals surface area contributed by atoms with Crippen LogP contribution in [0.4, 0.5) is 0 Å². The molecule has 1 atom stereocenters. The lowest BCUT2D eigenvalue weighted by atomic mass is 10.4. The number of rotatable bonds is 4. The SMILES string of the molecule is CC(O)CNCc1ncon1. The van der Waals surface area contributed by atoms with Crippen molar-refractivity contribution in [1.29, 1.82) is 0 Å². The molecule has 0 saturated carbocycles. The van der Waals surface area contributed by atoms with E-state index in [0.717, 1.165) is 0 Å². The van der Waals surface area contributed by atoms with Gasteiger partial charge in [0.15, 0.2) is 5.82 Å². The van der Waals surface area contributed by atoms with Crippen LogP contribution in [0.25, 0.3) is 0 Å². The van der Waals surface area contributed by atoms with Gasteiger partial charge in [0.2, 0.25) is 6.39 Å². The molecule has 1 aromatic rings. The third-order valence-electron chi connectivity index (χ3n) is 1.13. The fraction of sp³-hybridized carbons (Fsp3) is 0.667. The predicted molar refractivity (Wildman–Crippen MR) is 37.7 cm³/mol. The van der Waals surface area contributed by atoms with Crippen molar-refractivity contribution in [2.45, 2.75) is 19.6 Å². The minimum atomic E-state index is -0.345. The average Bonchev–Trinajstić information content (AvgIpc) is 2.39. The van der Waals surface area contributed by atoms with Crippen molar-refractivity contribution in [2.24, 2.45) is 0 Å². The molecule has 11 heavy (non-hydrogen) atoms.